The van der Waals surface area contributed by atoms with E-state index in [-0.39, 0.29) is 18.2 Å². The van der Waals surface area contributed by atoms with E-state index >= 15 is 0 Å². The van der Waals surface area contributed by atoms with Crippen LogP contribution in [0.5, 0.6) is 5.75 Å². The lowest BCUT2D eigenvalue weighted by Gasteiger charge is -2.20. The maximum Gasteiger partial charge on any atom is 0.326 e. The lowest BCUT2D eigenvalue weighted by Crippen LogP contribution is -2.48. The number of aromatic hydroxyl groups is 1. The molecule has 1 heterocycles. The van der Waals surface area contributed by atoms with E-state index in [1.807, 2.05) is 0 Å². The summed E-state index contributed by atoms with van der Waals surface area (Å²) >= 11 is 0. The Morgan fingerprint density at radius 2 is 1.80 bits per heavy atom. The maximum atomic E-state index is 11.9. The highest BCUT2D eigenvalue weighted by Gasteiger charge is 2.24. The van der Waals surface area contributed by atoms with Crippen LogP contribution in [-0.4, -0.2) is 46.2 Å². The predicted molar refractivity (Wildman–Crippen MR) is 72.6 cm³/mol. The first kappa shape index (κ1) is 14.2. The van der Waals surface area contributed by atoms with Crippen LogP contribution in [-0.2, 0) is 11.2 Å². The first-order chi connectivity index (χ1) is 9.56. The van der Waals surface area contributed by atoms with Crippen molar-refractivity contribution >= 4 is 12.0 Å². The molecule has 0 spiro atoms. The van der Waals surface area contributed by atoms with Gasteiger partial charge >= 0.3 is 12.0 Å². The minimum Gasteiger partial charge on any atom is -0.508 e. The second-order valence-corrected chi connectivity index (χ2v) is 4.91. The number of nitrogens with one attached hydrogen (secondary N) is 1. The fourth-order valence-electron chi connectivity index (χ4n) is 2.23. The van der Waals surface area contributed by atoms with E-state index in [4.69, 9.17) is 0 Å². The number of phenolic OH excluding ortho intramolecular Hbond substituents is 1. The zero-order chi connectivity index (χ0) is 14.5. The minimum atomic E-state index is -1.06. The van der Waals surface area contributed by atoms with E-state index in [1.54, 1.807) is 17.0 Å². The van der Waals surface area contributed by atoms with Crippen molar-refractivity contribution in [1.29, 1.82) is 0 Å². The number of hydrogen-bond acceptors (Lipinski definition) is 3. The Kier molecular flexibility index (Phi) is 4.45. The number of carbonyl (C=O) groups is 2. The summed E-state index contributed by atoms with van der Waals surface area (Å²) in [6.07, 6.45) is 2.11. The second-order valence-electron chi connectivity index (χ2n) is 4.91. The smallest absolute Gasteiger partial charge is 0.326 e. The molecule has 0 radical (unpaired) electrons. The van der Waals surface area contributed by atoms with Gasteiger partial charge in [0.15, 0.2) is 0 Å². The summed E-state index contributed by atoms with van der Waals surface area (Å²) in [5.74, 6) is -0.938. The predicted octanol–water partition coefficient (Wildman–Crippen LogP) is 1.19. The van der Waals surface area contributed by atoms with Crippen molar-refractivity contribution < 1.29 is 19.8 Å². The number of nitrogens with zero attached hydrogens (tertiary/aromatic N) is 1. The van der Waals surface area contributed by atoms with Gasteiger partial charge in [-0.25, -0.2) is 9.59 Å². The van der Waals surface area contributed by atoms with Crippen molar-refractivity contribution in [2.75, 3.05) is 13.1 Å². The molecule has 0 bridgehead atoms. The molecular weight excluding hydrogens is 260 g/mol. The molecule has 1 saturated heterocycles. The molecule has 6 nitrogen and oxygen atoms in total. The number of carbonyl (C=O) groups excluding carboxylic acids is 1. The van der Waals surface area contributed by atoms with Crippen LogP contribution in [0.1, 0.15) is 18.4 Å². The van der Waals surface area contributed by atoms with Crippen molar-refractivity contribution in [2.24, 2.45) is 0 Å². The van der Waals surface area contributed by atoms with Crippen molar-refractivity contribution in [2.45, 2.75) is 25.3 Å². The molecule has 1 atom stereocenters. The lowest BCUT2D eigenvalue weighted by molar-refractivity contribution is -0.139. The quantitative estimate of drug-likeness (QED) is 0.771. The van der Waals surface area contributed by atoms with E-state index in [0.29, 0.717) is 13.1 Å². The molecule has 2 rings (SSSR count). The topological polar surface area (TPSA) is 89.9 Å². The third kappa shape index (κ3) is 3.63. The second kappa shape index (κ2) is 6.27. The molecule has 1 fully saturated rings. The van der Waals surface area contributed by atoms with Gasteiger partial charge in [-0.3, -0.25) is 0 Å². The zero-order valence-corrected chi connectivity index (χ0v) is 11.1. The van der Waals surface area contributed by atoms with Crippen LogP contribution in [0.25, 0.3) is 0 Å². The van der Waals surface area contributed by atoms with E-state index in [2.05, 4.69) is 5.32 Å². The SMILES string of the molecule is O=C(O)[C@H](Cc1ccc(O)cc1)NC(=O)N1CCCC1. The molecule has 3 N–H and O–H groups in total. The third-order valence-electron chi connectivity index (χ3n) is 3.37. The van der Waals surface area contributed by atoms with Gasteiger partial charge in [-0.1, -0.05) is 12.1 Å². The highest BCUT2D eigenvalue weighted by molar-refractivity contribution is 5.83. The van der Waals surface area contributed by atoms with Crippen molar-refractivity contribution in [3.8, 4) is 5.75 Å². The Balaban J connectivity index is 1.98. The number of urea groups is 1. The van der Waals surface area contributed by atoms with Gasteiger partial charge in [0.2, 0.25) is 0 Å². The van der Waals surface area contributed by atoms with Gasteiger partial charge in [-0.05, 0) is 30.5 Å². The monoisotopic (exact) mass is 278 g/mol. The number of hydrogen-bond donors (Lipinski definition) is 3. The van der Waals surface area contributed by atoms with Gasteiger partial charge in [-0.2, -0.15) is 0 Å². The Morgan fingerprint density at radius 1 is 1.20 bits per heavy atom. The van der Waals surface area contributed by atoms with Crippen LogP contribution < -0.4 is 5.32 Å². The Bertz CT molecular complexity index is 480. The van der Waals surface area contributed by atoms with Gasteiger partial charge < -0.3 is 20.4 Å². The molecule has 0 aromatic heterocycles. The Hall–Kier alpha value is -2.24. The first-order valence-electron chi connectivity index (χ1n) is 6.62. The highest BCUT2D eigenvalue weighted by atomic mass is 16.4. The zero-order valence-electron chi connectivity index (χ0n) is 11.1. The molecule has 2 amide bonds. The van der Waals surface area contributed by atoms with Crippen molar-refractivity contribution in [1.82, 2.24) is 10.2 Å². The molecule has 1 aromatic carbocycles. The van der Waals surface area contributed by atoms with Crippen molar-refractivity contribution in [3.63, 3.8) is 0 Å². The third-order valence-corrected chi connectivity index (χ3v) is 3.37. The first-order valence-corrected chi connectivity index (χ1v) is 6.62. The average molecular weight is 278 g/mol. The number of benzene rings is 1. The summed E-state index contributed by atoms with van der Waals surface area (Å²) < 4.78 is 0. The number of carboxylic acid groups (broad SMARTS) is 1. The fraction of sp³-hybridized carbons (Fsp3) is 0.429. The van der Waals surface area contributed by atoms with E-state index in [9.17, 15) is 19.8 Å². The fourth-order valence-corrected chi connectivity index (χ4v) is 2.23. The average Bonchev–Trinajstić information content (AvgIpc) is 2.94. The molecule has 6 heteroatoms. The molecule has 0 aliphatic carbocycles. The normalized spacial score (nSPS) is 15.9. The molecule has 20 heavy (non-hydrogen) atoms. The number of aliphatic carboxylic acids is 1. The molecule has 1 aliphatic heterocycles. The van der Waals surface area contributed by atoms with Crippen LogP contribution in [0.2, 0.25) is 0 Å². The van der Waals surface area contributed by atoms with E-state index < -0.39 is 12.0 Å². The number of likely N-dealkylation sites (tertiary alicyclic amines) is 1. The molecule has 1 aromatic rings. The van der Waals surface area contributed by atoms with Crippen molar-refractivity contribution in [3.05, 3.63) is 29.8 Å². The van der Waals surface area contributed by atoms with Gasteiger partial charge in [0.05, 0.1) is 0 Å². The lowest BCUT2D eigenvalue weighted by atomic mass is 10.1. The molecule has 108 valence electrons. The van der Waals surface area contributed by atoms with E-state index in [1.165, 1.54) is 12.1 Å². The summed E-state index contributed by atoms with van der Waals surface area (Å²) in [6, 6.07) is 4.99. The Labute approximate surface area is 117 Å². The number of phenols is 1. The summed E-state index contributed by atoms with van der Waals surface area (Å²) in [7, 11) is 0. The summed E-state index contributed by atoms with van der Waals surface area (Å²) in [4.78, 5) is 24.8. The van der Waals surface area contributed by atoms with Gasteiger partial charge in [0, 0.05) is 19.5 Å². The van der Waals surface area contributed by atoms with Crippen LogP contribution in [0.4, 0.5) is 4.79 Å². The summed E-state index contributed by atoms with van der Waals surface area (Å²) in [5.41, 5.74) is 0.747. The van der Waals surface area contributed by atoms with Gasteiger partial charge in [-0.15, -0.1) is 0 Å². The van der Waals surface area contributed by atoms with Crippen LogP contribution in [0, 0.1) is 0 Å². The number of amides is 2. The van der Waals surface area contributed by atoms with Crippen LogP contribution in [0.3, 0.4) is 0 Å². The summed E-state index contributed by atoms with van der Waals surface area (Å²) in [6.45, 7) is 1.36. The highest BCUT2D eigenvalue weighted by Crippen LogP contribution is 2.12. The van der Waals surface area contributed by atoms with Crippen LogP contribution in [0.15, 0.2) is 24.3 Å². The number of carboxylic acids is 1. The van der Waals surface area contributed by atoms with Crippen LogP contribution >= 0.6 is 0 Å². The van der Waals surface area contributed by atoms with Gasteiger partial charge in [0.25, 0.3) is 0 Å². The largest absolute Gasteiger partial charge is 0.508 e. The van der Waals surface area contributed by atoms with Gasteiger partial charge in [0.1, 0.15) is 11.8 Å². The minimum absolute atomic E-state index is 0.127. The summed E-state index contributed by atoms with van der Waals surface area (Å²) in [5, 5.41) is 20.9. The Morgan fingerprint density at radius 3 is 2.35 bits per heavy atom. The molecule has 0 saturated carbocycles. The molecule has 1 aliphatic rings. The molecule has 0 unspecified atom stereocenters. The standard InChI is InChI=1S/C14H18N2O4/c17-11-5-3-10(4-6-11)9-12(13(18)19)15-14(20)16-7-1-2-8-16/h3-6,12,17H,1-2,7-9H2,(H,15,20)(H,18,19)/t12-/m0/s1. The number of rotatable bonds is 4. The molecular formula is C14H18N2O4. The maximum absolute atomic E-state index is 11.9. The van der Waals surface area contributed by atoms with E-state index in [0.717, 1.165) is 18.4 Å².